The van der Waals surface area contributed by atoms with Crippen molar-refractivity contribution in [3.05, 3.63) is 132 Å². The number of hydrogen-bond donors (Lipinski definition) is 5. The van der Waals surface area contributed by atoms with Gasteiger partial charge in [-0.2, -0.15) is 0 Å². The lowest BCUT2D eigenvalue weighted by molar-refractivity contribution is 0.0953. The number of methoxy groups -OCH3 is 1. The van der Waals surface area contributed by atoms with E-state index in [0.717, 1.165) is 27.8 Å². The summed E-state index contributed by atoms with van der Waals surface area (Å²) in [5.41, 5.74) is 5.95. The smallest absolute Gasteiger partial charge is 0.270 e. The number of ether oxygens (including phenoxy) is 1. The van der Waals surface area contributed by atoms with Crippen LogP contribution in [0.15, 0.2) is 110 Å². The van der Waals surface area contributed by atoms with Crippen molar-refractivity contribution in [1.82, 2.24) is 25.2 Å². The van der Waals surface area contributed by atoms with Gasteiger partial charge in [0.05, 0.1) is 20.2 Å². The number of para-hydroxylation sites is 2. The number of carbonyl (C=O) groups excluding carboxylic acids is 1. The van der Waals surface area contributed by atoms with E-state index < -0.39 is 0 Å². The molecule has 9 heteroatoms. The van der Waals surface area contributed by atoms with Gasteiger partial charge in [0, 0.05) is 46.8 Å². The molecule has 0 fully saturated rings. The minimum Gasteiger partial charge on any atom is -0.497 e. The Morgan fingerprint density at radius 2 is 1.51 bits per heavy atom. The normalized spacial score (nSPS) is 10.6. The van der Waals surface area contributed by atoms with Crippen LogP contribution in [-0.2, 0) is 13.0 Å². The van der Waals surface area contributed by atoms with E-state index in [1.165, 1.54) is 16.5 Å². The van der Waals surface area contributed by atoms with E-state index in [0.29, 0.717) is 25.2 Å². The van der Waals surface area contributed by atoms with Gasteiger partial charge in [0.15, 0.2) is 0 Å². The van der Waals surface area contributed by atoms with Crippen LogP contribution in [0, 0.1) is 17.7 Å². The van der Waals surface area contributed by atoms with Gasteiger partial charge in [-0.15, -0.1) is 0 Å². The number of pyridine rings is 1. The summed E-state index contributed by atoms with van der Waals surface area (Å²) in [6, 6.07) is 29.0. The number of fused-ring (bicyclic) bond motifs is 2. The summed E-state index contributed by atoms with van der Waals surface area (Å²) >= 11 is 0. The second-order valence-corrected chi connectivity index (χ2v) is 10.6. The van der Waals surface area contributed by atoms with Gasteiger partial charge in [-0.05, 0) is 66.4 Å². The highest BCUT2D eigenvalue weighted by Gasteiger charge is 2.18. The Labute approximate surface area is 262 Å². The van der Waals surface area contributed by atoms with Gasteiger partial charge < -0.3 is 24.9 Å². The molecule has 3 heterocycles. The van der Waals surface area contributed by atoms with Crippen molar-refractivity contribution in [2.45, 2.75) is 26.3 Å². The van der Waals surface area contributed by atoms with Crippen LogP contribution in [0.3, 0.4) is 0 Å². The Morgan fingerprint density at radius 3 is 2.20 bits per heavy atom. The summed E-state index contributed by atoms with van der Waals surface area (Å²) < 4.78 is 5.24. The molecule has 6 rings (SSSR count). The number of nitrogens with zero attached hydrogens (tertiary/aromatic N) is 2. The molecular weight excluding hydrogens is 562 g/mol. The molecule has 0 bridgehead atoms. The number of aromatic amines is 2. The molecule has 0 saturated heterocycles. The molecule has 6 aromatic rings. The number of aromatic nitrogens is 3. The Morgan fingerprint density at radius 1 is 0.844 bits per heavy atom. The van der Waals surface area contributed by atoms with Gasteiger partial charge >= 0.3 is 0 Å². The molecule has 0 radical (unpaired) electrons. The standard InChI is InChI=1S/C27H28N6O2.C9H9N/c1-35-21-12-9-19(10-13-21)18-33(26(29)17-32-27(34)24-8-4-5-15-30-24)25(28)14-11-20-16-31-23-7-3-2-6-22(20)23;1-7-6-10-9-5-3-2-4-8(7)9/h2-10,12-13,15-16,28-29,31H,11,14,17-18H2,1H3,(H,32,34);2-6,10H,1H3. The van der Waals surface area contributed by atoms with Crippen LogP contribution in [0.2, 0.25) is 0 Å². The zero-order valence-electron chi connectivity index (χ0n) is 25.4. The summed E-state index contributed by atoms with van der Waals surface area (Å²) in [5.74, 6) is 0.828. The molecule has 3 aromatic carbocycles. The third kappa shape index (κ3) is 7.83. The average molecular weight is 600 g/mol. The van der Waals surface area contributed by atoms with Gasteiger partial charge in [0.25, 0.3) is 5.91 Å². The fraction of sp³-hybridized carbons (Fsp3) is 0.167. The van der Waals surface area contributed by atoms with E-state index in [1.54, 1.807) is 36.4 Å². The molecule has 45 heavy (non-hydrogen) atoms. The lowest BCUT2D eigenvalue weighted by Crippen LogP contribution is -2.42. The first-order valence-corrected chi connectivity index (χ1v) is 14.7. The predicted octanol–water partition coefficient (Wildman–Crippen LogP) is 6.87. The lowest BCUT2D eigenvalue weighted by atomic mass is 10.1. The topological polar surface area (TPSA) is 134 Å². The number of rotatable bonds is 9. The van der Waals surface area contributed by atoms with E-state index in [1.807, 2.05) is 60.9 Å². The van der Waals surface area contributed by atoms with E-state index in [2.05, 4.69) is 51.5 Å². The summed E-state index contributed by atoms with van der Waals surface area (Å²) in [5, 5.41) is 22.7. The Hall–Kier alpha value is -5.70. The Kier molecular flexibility index (Phi) is 10.0. The van der Waals surface area contributed by atoms with Gasteiger partial charge in [0.1, 0.15) is 23.1 Å². The molecule has 1 amide bonds. The molecule has 228 valence electrons. The lowest BCUT2D eigenvalue weighted by Gasteiger charge is -2.26. The SMILES string of the molecule is COc1ccc(CN(C(=N)CCc2c[nH]c3ccccc23)C(=N)CNC(=O)c2ccccn2)cc1.Cc1c[nH]c2ccccc12. The number of aryl methyl sites for hydroxylation is 2. The molecule has 0 saturated carbocycles. The van der Waals surface area contributed by atoms with Crippen molar-refractivity contribution < 1.29 is 9.53 Å². The van der Waals surface area contributed by atoms with Crippen LogP contribution in [0.4, 0.5) is 0 Å². The van der Waals surface area contributed by atoms with Crippen molar-refractivity contribution in [2.24, 2.45) is 0 Å². The summed E-state index contributed by atoms with van der Waals surface area (Å²) in [7, 11) is 1.61. The molecule has 0 atom stereocenters. The molecule has 0 unspecified atom stereocenters. The summed E-state index contributed by atoms with van der Waals surface area (Å²) in [6.45, 7) is 2.44. The number of benzene rings is 3. The van der Waals surface area contributed by atoms with E-state index >= 15 is 0 Å². The van der Waals surface area contributed by atoms with Crippen molar-refractivity contribution in [1.29, 1.82) is 10.8 Å². The molecule has 0 aliphatic carbocycles. The molecule has 9 nitrogen and oxygen atoms in total. The molecule has 5 N–H and O–H groups in total. The van der Waals surface area contributed by atoms with Gasteiger partial charge in [0.2, 0.25) is 0 Å². The Balaban J connectivity index is 0.000000336. The van der Waals surface area contributed by atoms with Gasteiger partial charge in [-0.3, -0.25) is 20.6 Å². The van der Waals surface area contributed by atoms with Crippen LogP contribution >= 0.6 is 0 Å². The number of hydrogen-bond acceptors (Lipinski definition) is 5. The number of nitrogens with one attached hydrogen (secondary N) is 5. The zero-order chi connectivity index (χ0) is 31.6. The third-order valence-corrected chi connectivity index (χ3v) is 7.57. The maximum Gasteiger partial charge on any atom is 0.270 e. The summed E-state index contributed by atoms with van der Waals surface area (Å²) in [4.78, 5) is 24.6. The maximum atomic E-state index is 12.4. The highest BCUT2D eigenvalue weighted by atomic mass is 16.5. The van der Waals surface area contributed by atoms with Crippen LogP contribution in [-0.4, -0.2) is 51.1 Å². The van der Waals surface area contributed by atoms with Crippen LogP contribution in [0.25, 0.3) is 21.8 Å². The van der Waals surface area contributed by atoms with Crippen molar-refractivity contribution in [2.75, 3.05) is 13.7 Å². The second-order valence-electron chi connectivity index (χ2n) is 10.6. The number of amidine groups is 2. The Bertz CT molecular complexity index is 1890. The molecule has 0 aliphatic heterocycles. The third-order valence-electron chi connectivity index (χ3n) is 7.57. The minimum absolute atomic E-state index is 0.0129. The highest BCUT2D eigenvalue weighted by molar-refractivity contribution is 6.01. The number of carbonyl (C=O) groups is 1. The first-order valence-electron chi connectivity index (χ1n) is 14.7. The second kappa shape index (κ2) is 14.7. The molecule has 0 spiro atoms. The fourth-order valence-electron chi connectivity index (χ4n) is 5.06. The predicted molar refractivity (Wildman–Crippen MR) is 180 cm³/mol. The van der Waals surface area contributed by atoms with Crippen LogP contribution in [0.1, 0.15) is 33.6 Å². The monoisotopic (exact) mass is 599 g/mol. The first kappa shape index (κ1) is 30.7. The van der Waals surface area contributed by atoms with Crippen molar-refractivity contribution in [3.8, 4) is 5.75 Å². The first-order chi connectivity index (χ1) is 21.9. The zero-order valence-corrected chi connectivity index (χ0v) is 25.4. The van der Waals surface area contributed by atoms with E-state index in [4.69, 9.17) is 15.6 Å². The average Bonchev–Trinajstić information content (AvgIpc) is 3.69. The molecule has 3 aromatic heterocycles. The quantitative estimate of drug-likeness (QED) is 0.0916. The maximum absolute atomic E-state index is 12.4. The molecular formula is C36H37N7O2. The van der Waals surface area contributed by atoms with Crippen LogP contribution < -0.4 is 10.1 Å². The van der Waals surface area contributed by atoms with Crippen molar-refractivity contribution in [3.63, 3.8) is 0 Å². The van der Waals surface area contributed by atoms with Crippen molar-refractivity contribution >= 4 is 39.4 Å². The van der Waals surface area contributed by atoms with Gasteiger partial charge in [-0.25, -0.2) is 0 Å². The highest BCUT2D eigenvalue weighted by Crippen LogP contribution is 2.20. The van der Waals surface area contributed by atoms with E-state index in [9.17, 15) is 4.79 Å². The number of H-pyrrole nitrogens is 2. The fourth-order valence-corrected chi connectivity index (χ4v) is 5.06. The van der Waals surface area contributed by atoms with E-state index in [-0.39, 0.29) is 24.0 Å². The largest absolute Gasteiger partial charge is 0.497 e. The minimum atomic E-state index is -0.356. The van der Waals surface area contributed by atoms with Gasteiger partial charge in [-0.1, -0.05) is 54.6 Å². The molecule has 0 aliphatic rings. The number of amides is 1. The van der Waals surface area contributed by atoms with Crippen LogP contribution in [0.5, 0.6) is 5.75 Å². The summed E-state index contributed by atoms with van der Waals surface area (Å²) in [6.07, 6.45) is 6.68.